The predicted molar refractivity (Wildman–Crippen MR) is 87.6 cm³/mol. The molecule has 7 heteroatoms. The van der Waals surface area contributed by atoms with Crippen molar-refractivity contribution >= 4 is 39.8 Å². The lowest BCUT2D eigenvalue weighted by Gasteiger charge is -2.32. The summed E-state index contributed by atoms with van der Waals surface area (Å²) >= 11 is 7.58. The maximum Gasteiger partial charge on any atom is 0.161 e. The van der Waals surface area contributed by atoms with Crippen molar-refractivity contribution in [2.24, 2.45) is 0 Å². The van der Waals surface area contributed by atoms with Crippen LogP contribution in [0.2, 0.25) is 5.02 Å². The number of morpholine rings is 1. The maximum atomic E-state index is 5.96. The van der Waals surface area contributed by atoms with Crippen LogP contribution in [0.25, 0.3) is 11.0 Å². The first-order valence-corrected chi connectivity index (χ1v) is 8.23. The minimum absolute atomic E-state index is 0.00410. The van der Waals surface area contributed by atoms with E-state index in [-0.39, 0.29) is 6.10 Å². The van der Waals surface area contributed by atoms with Crippen molar-refractivity contribution in [3.63, 3.8) is 0 Å². The quantitative estimate of drug-likeness (QED) is 0.720. The van der Waals surface area contributed by atoms with Crippen molar-refractivity contribution in [3.8, 4) is 0 Å². The van der Waals surface area contributed by atoms with Crippen molar-refractivity contribution in [1.29, 1.82) is 0 Å². The van der Waals surface area contributed by atoms with Gasteiger partial charge in [-0.15, -0.1) is 11.3 Å². The number of rotatable bonds is 2. The number of hydrogen-bond donors (Lipinski definition) is 0. The molecule has 22 heavy (non-hydrogen) atoms. The zero-order valence-electron chi connectivity index (χ0n) is 11.6. The summed E-state index contributed by atoms with van der Waals surface area (Å²) < 4.78 is 5.82. The Balaban J connectivity index is 1.62. The van der Waals surface area contributed by atoms with E-state index in [4.69, 9.17) is 16.3 Å². The fourth-order valence-corrected chi connectivity index (χ4v) is 3.39. The Bertz CT molecular complexity index is 795. The number of fused-ring (bicyclic) bond motifs is 1. The van der Waals surface area contributed by atoms with Crippen LogP contribution in [0.4, 0.5) is 5.82 Å². The van der Waals surface area contributed by atoms with Gasteiger partial charge in [-0.2, -0.15) is 0 Å². The molecule has 0 amide bonds. The van der Waals surface area contributed by atoms with Crippen LogP contribution in [-0.2, 0) is 4.74 Å². The minimum Gasteiger partial charge on any atom is -0.367 e. The van der Waals surface area contributed by atoms with E-state index < -0.39 is 0 Å². The third-order valence-electron chi connectivity index (χ3n) is 3.61. The Morgan fingerprint density at radius 2 is 2.27 bits per heavy atom. The lowest BCUT2D eigenvalue weighted by Crippen LogP contribution is -2.38. The van der Waals surface area contributed by atoms with Gasteiger partial charge in [-0.1, -0.05) is 11.6 Å². The molecule has 1 unspecified atom stereocenters. The molecule has 1 atom stereocenters. The minimum atomic E-state index is 0.00410. The molecule has 1 aliphatic rings. The molecule has 1 saturated heterocycles. The number of ether oxygens (including phenoxy) is 1. The van der Waals surface area contributed by atoms with Crippen LogP contribution in [0.5, 0.6) is 0 Å². The summed E-state index contributed by atoms with van der Waals surface area (Å²) in [5.74, 6) is 0.909. The fraction of sp³-hybridized carbons (Fsp3) is 0.267. The molecule has 0 aromatic carbocycles. The van der Waals surface area contributed by atoms with E-state index >= 15 is 0 Å². The SMILES string of the molecule is Clc1cnc2nc(N3CCOC(c4nccs4)C3)ccc2c1. The molecule has 4 heterocycles. The van der Waals surface area contributed by atoms with Gasteiger partial charge in [-0.3, -0.25) is 0 Å². The molecule has 3 aromatic rings. The second kappa shape index (κ2) is 5.79. The van der Waals surface area contributed by atoms with Crippen LogP contribution in [0, 0.1) is 0 Å². The summed E-state index contributed by atoms with van der Waals surface area (Å²) in [4.78, 5) is 15.5. The molecule has 0 aliphatic carbocycles. The van der Waals surface area contributed by atoms with Gasteiger partial charge in [0.15, 0.2) is 5.65 Å². The molecule has 112 valence electrons. The number of anilines is 1. The Kier molecular flexibility index (Phi) is 3.65. The summed E-state index contributed by atoms with van der Waals surface area (Å²) in [7, 11) is 0. The molecule has 1 aliphatic heterocycles. The van der Waals surface area contributed by atoms with Crippen LogP contribution in [0.1, 0.15) is 11.1 Å². The van der Waals surface area contributed by atoms with Crippen molar-refractivity contribution in [2.75, 3.05) is 24.6 Å². The molecule has 5 nitrogen and oxygen atoms in total. The molecular weight excluding hydrogens is 320 g/mol. The first-order valence-electron chi connectivity index (χ1n) is 6.98. The van der Waals surface area contributed by atoms with E-state index in [1.54, 1.807) is 17.5 Å². The van der Waals surface area contributed by atoms with Crippen molar-refractivity contribution < 1.29 is 4.74 Å². The highest BCUT2D eigenvalue weighted by molar-refractivity contribution is 7.09. The van der Waals surface area contributed by atoms with Crippen molar-refractivity contribution in [2.45, 2.75) is 6.10 Å². The largest absolute Gasteiger partial charge is 0.367 e. The molecule has 0 spiro atoms. The van der Waals surface area contributed by atoms with E-state index in [9.17, 15) is 0 Å². The maximum absolute atomic E-state index is 5.96. The average Bonchev–Trinajstić information content (AvgIpc) is 3.09. The monoisotopic (exact) mass is 332 g/mol. The summed E-state index contributed by atoms with van der Waals surface area (Å²) in [6.07, 6.45) is 3.44. The third-order valence-corrected chi connectivity index (χ3v) is 4.69. The van der Waals surface area contributed by atoms with Gasteiger partial charge in [0.2, 0.25) is 0 Å². The first-order chi connectivity index (χ1) is 10.8. The summed E-state index contributed by atoms with van der Waals surface area (Å²) in [6, 6.07) is 5.88. The lowest BCUT2D eigenvalue weighted by atomic mass is 10.2. The Morgan fingerprint density at radius 3 is 3.14 bits per heavy atom. The number of pyridine rings is 2. The summed E-state index contributed by atoms with van der Waals surface area (Å²) in [5.41, 5.74) is 0.708. The standard InChI is InChI=1S/C15H13ClN4OS/c16-11-7-10-1-2-13(19-14(10)18-8-11)20-4-5-21-12(9-20)15-17-3-6-22-15/h1-3,6-8,12H,4-5,9H2. The van der Waals surface area contributed by atoms with Crippen LogP contribution in [0.15, 0.2) is 36.0 Å². The first kappa shape index (κ1) is 13.9. The van der Waals surface area contributed by atoms with Gasteiger partial charge in [0, 0.05) is 29.7 Å². The van der Waals surface area contributed by atoms with Gasteiger partial charge in [0.1, 0.15) is 16.9 Å². The number of halogens is 1. The summed E-state index contributed by atoms with van der Waals surface area (Å²) in [6.45, 7) is 2.23. The van der Waals surface area contributed by atoms with E-state index in [0.717, 1.165) is 29.3 Å². The van der Waals surface area contributed by atoms with Gasteiger partial charge in [0.05, 0.1) is 18.2 Å². The van der Waals surface area contributed by atoms with Gasteiger partial charge < -0.3 is 9.64 Å². The molecule has 0 saturated carbocycles. The normalized spacial score (nSPS) is 18.8. The lowest BCUT2D eigenvalue weighted by molar-refractivity contribution is 0.0394. The fourth-order valence-electron chi connectivity index (χ4n) is 2.55. The molecule has 0 bridgehead atoms. The van der Waals surface area contributed by atoms with Crippen LogP contribution in [-0.4, -0.2) is 34.6 Å². The number of aromatic nitrogens is 3. The predicted octanol–water partition coefficient (Wildman–Crippen LogP) is 3.32. The zero-order chi connectivity index (χ0) is 14.9. The van der Waals surface area contributed by atoms with Gasteiger partial charge in [-0.05, 0) is 18.2 Å². The van der Waals surface area contributed by atoms with Crippen molar-refractivity contribution in [1.82, 2.24) is 15.0 Å². The highest BCUT2D eigenvalue weighted by Gasteiger charge is 2.24. The summed E-state index contributed by atoms with van der Waals surface area (Å²) in [5, 5.41) is 4.55. The third kappa shape index (κ3) is 2.65. The van der Waals surface area contributed by atoms with Gasteiger partial charge >= 0.3 is 0 Å². The van der Waals surface area contributed by atoms with Crippen LogP contribution >= 0.6 is 22.9 Å². The van der Waals surface area contributed by atoms with E-state index in [1.165, 1.54) is 0 Å². The zero-order valence-corrected chi connectivity index (χ0v) is 13.2. The smallest absolute Gasteiger partial charge is 0.161 e. The van der Waals surface area contributed by atoms with Crippen molar-refractivity contribution in [3.05, 3.63) is 46.0 Å². The van der Waals surface area contributed by atoms with E-state index in [2.05, 4.69) is 19.9 Å². The number of thiazole rings is 1. The number of hydrogen-bond acceptors (Lipinski definition) is 6. The van der Waals surface area contributed by atoms with Gasteiger partial charge in [-0.25, -0.2) is 15.0 Å². The topological polar surface area (TPSA) is 51.1 Å². The number of nitrogens with zero attached hydrogens (tertiary/aromatic N) is 4. The van der Waals surface area contributed by atoms with E-state index in [1.807, 2.05) is 29.8 Å². The molecule has 4 rings (SSSR count). The van der Waals surface area contributed by atoms with E-state index in [0.29, 0.717) is 17.3 Å². The average molecular weight is 333 g/mol. The Hall–Kier alpha value is -1.76. The molecule has 0 N–H and O–H groups in total. The second-order valence-electron chi connectivity index (χ2n) is 5.05. The second-order valence-corrected chi connectivity index (χ2v) is 6.41. The highest BCUT2D eigenvalue weighted by Crippen LogP contribution is 2.27. The molecular formula is C15H13ClN4OS. The van der Waals surface area contributed by atoms with Gasteiger partial charge in [0.25, 0.3) is 0 Å². The Morgan fingerprint density at radius 1 is 1.32 bits per heavy atom. The Labute approximate surface area is 136 Å². The van der Waals surface area contributed by atoms with Crippen LogP contribution < -0.4 is 4.90 Å². The molecule has 3 aromatic heterocycles. The molecule has 0 radical (unpaired) electrons. The molecule has 1 fully saturated rings. The van der Waals surface area contributed by atoms with Crippen LogP contribution in [0.3, 0.4) is 0 Å². The highest BCUT2D eigenvalue weighted by atomic mass is 35.5.